The predicted octanol–water partition coefficient (Wildman–Crippen LogP) is 3.71. The van der Waals surface area contributed by atoms with E-state index in [2.05, 4.69) is 27.7 Å². The summed E-state index contributed by atoms with van der Waals surface area (Å²) >= 11 is 0. The molecule has 0 amide bonds. The molecule has 0 rings (SSSR count). The van der Waals surface area contributed by atoms with E-state index in [-0.39, 0.29) is 40.1 Å². The van der Waals surface area contributed by atoms with Gasteiger partial charge in [0.1, 0.15) is 0 Å². The number of hydrogen-bond donors (Lipinski definition) is 0. The van der Waals surface area contributed by atoms with Crippen molar-refractivity contribution in [3.05, 3.63) is 0 Å². The summed E-state index contributed by atoms with van der Waals surface area (Å²) < 4.78 is 0. The predicted molar refractivity (Wildman–Crippen MR) is 43.2 cm³/mol. The van der Waals surface area contributed by atoms with Gasteiger partial charge in [0, 0.05) is 32.7 Å². The van der Waals surface area contributed by atoms with Crippen molar-refractivity contribution in [3.63, 3.8) is 0 Å². The van der Waals surface area contributed by atoms with E-state index in [9.17, 15) is 0 Å². The van der Waals surface area contributed by atoms with Crippen molar-refractivity contribution in [1.82, 2.24) is 0 Å². The smallest absolute Gasteiger partial charge is 0 e. The van der Waals surface area contributed by atoms with Crippen LogP contribution in [0.15, 0.2) is 0 Å². The Morgan fingerprint density at radius 1 is 0.778 bits per heavy atom. The third kappa shape index (κ3) is 377. The normalized spacial score (nSPS) is 7.33. The van der Waals surface area contributed by atoms with Gasteiger partial charge in [-0.2, -0.15) is 0 Å². The van der Waals surface area contributed by atoms with Gasteiger partial charge >= 0.3 is 0 Å². The van der Waals surface area contributed by atoms with Crippen molar-refractivity contribution >= 4 is 0 Å². The molecule has 0 N–H and O–H groups in total. The van der Waals surface area contributed by atoms with Crippen LogP contribution in [0.5, 0.6) is 0 Å². The molecule has 0 saturated carbocycles. The van der Waals surface area contributed by atoms with Gasteiger partial charge in [0.2, 0.25) is 0 Å². The standard InChI is InChI=1S/C5H12.C2H6.CH4.Y/c1-5(2,3)4;1-2;;/h1-4H3;1-2H3;1H4;. The molecular weight excluding hydrogens is 185 g/mol. The van der Waals surface area contributed by atoms with Gasteiger partial charge in [0.15, 0.2) is 0 Å². The summed E-state index contributed by atoms with van der Waals surface area (Å²) in [5.41, 5.74) is 0.500. The summed E-state index contributed by atoms with van der Waals surface area (Å²) in [4.78, 5) is 0. The molecule has 9 heavy (non-hydrogen) atoms. The molecular formula is C8H22Y. The van der Waals surface area contributed by atoms with Gasteiger partial charge in [-0.3, -0.25) is 0 Å². The van der Waals surface area contributed by atoms with Gasteiger partial charge in [-0.1, -0.05) is 49.0 Å². The minimum absolute atomic E-state index is 0. The van der Waals surface area contributed by atoms with Crippen LogP contribution in [0, 0.1) is 5.41 Å². The molecule has 0 atom stereocenters. The average molecular weight is 207 g/mol. The molecule has 0 aliphatic heterocycles. The molecule has 1 heteroatoms. The summed E-state index contributed by atoms with van der Waals surface area (Å²) in [6.45, 7) is 12.8. The fraction of sp³-hybridized carbons (Fsp3) is 1.00. The molecule has 0 aliphatic carbocycles. The van der Waals surface area contributed by atoms with Crippen LogP contribution in [0.2, 0.25) is 0 Å². The first kappa shape index (κ1) is 22.5. The Morgan fingerprint density at radius 3 is 0.778 bits per heavy atom. The van der Waals surface area contributed by atoms with Crippen LogP contribution in [0.1, 0.15) is 49.0 Å². The van der Waals surface area contributed by atoms with Gasteiger partial charge in [-0.15, -0.1) is 0 Å². The van der Waals surface area contributed by atoms with Crippen molar-refractivity contribution < 1.29 is 32.7 Å². The Bertz CT molecular complexity index is 20.0. The van der Waals surface area contributed by atoms with E-state index in [1.807, 2.05) is 13.8 Å². The Labute approximate surface area is 86.7 Å². The van der Waals surface area contributed by atoms with E-state index < -0.39 is 0 Å². The van der Waals surface area contributed by atoms with Crippen LogP contribution in [0.3, 0.4) is 0 Å². The van der Waals surface area contributed by atoms with Crippen molar-refractivity contribution in [3.8, 4) is 0 Å². The molecule has 0 spiro atoms. The summed E-state index contributed by atoms with van der Waals surface area (Å²) in [5.74, 6) is 0. The Morgan fingerprint density at radius 2 is 0.778 bits per heavy atom. The van der Waals surface area contributed by atoms with Crippen LogP contribution in [-0.2, 0) is 32.7 Å². The molecule has 0 saturated heterocycles. The topological polar surface area (TPSA) is 0 Å². The van der Waals surface area contributed by atoms with Crippen LogP contribution in [-0.4, -0.2) is 0 Å². The number of rotatable bonds is 0. The zero-order chi connectivity index (χ0) is 6.50. The molecule has 0 heterocycles. The van der Waals surface area contributed by atoms with Gasteiger partial charge < -0.3 is 0 Å². The second-order valence-corrected chi connectivity index (χ2v) is 3.00. The molecule has 0 aromatic carbocycles. The van der Waals surface area contributed by atoms with Crippen molar-refractivity contribution in [2.75, 3.05) is 0 Å². The van der Waals surface area contributed by atoms with Crippen molar-refractivity contribution in [2.45, 2.75) is 49.0 Å². The molecule has 0 bridgehead atoms. The zero-order valence-electron chi connectivity index (χ0n) is 7.08. The molecule has 0 aliphatic rings. The second kappa shape index (κ2) is 11.8. The Balaban J connectivity index is -0.0000000286. The fourth-order valence-electron chi connectivity index (χ4n) is 0. The van der Waals surface area contributed by atoms with Crippen LogP contribution in [0.4, 0.5) is 0 Å². The van der Waals surface area contributed by atoms with E-state index in [1.165, 1.54) is 0 Å². The summed E-state index contributed by atoms with van der Waals surface area (Å²) in [5, 5.41) is 0. The Hall–Kier alpha value is 1.10. The van der Waals surface area contributed by atoms with E-state index in [0.717, 1.165) is 0 Å². The molecule has 0 aromatic rings. The Kier molecular flexibility index (Phi) is 29.6. The van der Waals surface area contributed by atoms with Gasteiger partial charge in [0.25, 0.3) is 0 Å². The molecule has 1 radical (unpaired) electrons. The van der Waals surface area contributed by atoms with E-state index >= 15 is 0 Å². The van der Waals surface area contributed by atoms with Gasteiger partial charge in [0.05, 0.1) is 0 Å². The van der Waals surface area contributed by atoms with E-state index in [4.69, 9.17) is 0 Å². The minimum Gasteiger partial charge on any atom is -0.0776 e. The maximum Gasteiger partial charge on any atom is 0 e. The maximum atomic E-state index is 2.19. The molecule has 0 fully saturated rings. The SMILES string of the molecule is C.CC.CC(C)(C)C.[Y]. The summed E-state index contributed by atoms with van der Waals surface area (Å²) in [6, 6.07) is 0. The quantitative estimate of drug-likeness (QED) is 0.568. The summed E-state index contributed by atoms with van der Waals surface area (Å²) in [6.07, 6.45) is 0. The van der Waals surface area contributed by atoms with Crippen LogP contribution < -0.4 is 0 Å². The third-order valence-electron chi connectivity index (χ3n) is 0. The molecule has 0 aromatic heterocycles. The molecule has 0 nitrogen and oxygen atoms in total. The van der Waals surface area contributed by atoms with Gasteiger partial charge in [-0.05, 0) is 5.41 Å². The third-order valence-corrected chi connectivity index (χ3v) is 0. The first-order valence-electron chi connectivity index (χ1n) is 3.00. The minimum atomic E-state index is 0. The van der Waals surface area contributed by atoms with E-state index in [1.54, 1.807) is 0 Å². The zero-order valence-corrected chi connectivity index (χ0v) is 9.92. The fourth-order valence-corrected chi connectivity index (χ4v) is 0. The number of hydrogen-bond acceptors (Lipinski definition) is 0. The molecule has 57 valence electrons. The van der Waals surface area contributed by atoms with Crippen molar-refractivity contribution in [1.29, 1.82) is 0 Å². The second-order valence-electron chi connectivity index (χ2n) is 3.00. The largest absolute Gasteiger partial charge is 0.0776 e. The van der Waals surface area contributed by atoms with Crippen LogP contribution >= 0.6 is 0 Å². The first-order valence-corrected chi connectivity index (χ1v) is 3.00. The maximum absolute atomic E-state index is 2.19. The van der Waals surface area contributed by atoms with E-state index in [0.29, 0.717) is 5.41 Å². The van der Waals surface area contributed by atoms with Crippen molar-refractivity contribution in [2.24, 2.45) is 5.41 Å². The average Bonchev–Trinajstić information content (AvgIpc) is 1.36. The molecule has 0 unspecified atom stereocenters. The van der Waals surface area contributed by atoms with Crippen LogP contribution in [0.25, 0.3) is 0 Å². The summed E-state index contributed by atoms with van der Waals surface area (Å²) in [7, 11) is 0. The monoisotopic (exact) mass is 207 g/mol. The van der Waals surface area contributed by atoms with Gasteiger partial charge in [-0.25, -0.2) is 0 Å². The first-order chi connectivity index (χ1) is 3.00.